The van der Waals surface area contributed by atoms with Gasteiger partial charge in [-0.15, -0.1) is 0 Å². The van der Waals surface area contributed by atoms with Gasteiger partial charge in [-0.25, -0.2) is 8.42 Å². The molecule has 1 aliphatic heterocycles. The van der Waals surface area contributed by atoms with Crippen LogP contribution in [-0.4, -0.2) is 48.8 Å². The average molecular weight is 399 g/mol. The van der Waals surface area contributed by atoms with E-state index in [2.05, 4.69) is 5.32 Å². The van der Waals surface area contributed by atoms with Crippen molar-refractivity contribution < 1.29 is 22.9 Å². The molecule has 0 bridgehead atoms. The molecule has 27 heavy (non-hydrogen) atoms. The molecule has 1 heterocycles. The lowest BCUT2D eigenvalue weighted by molar-refractivity contribution is -0.386. The number of rotatable bonds is 8. The molecule has 0 spiro atoms. The van der Waals surface area contributed by atoms with Gasteiger partial charge in [-0.1, -0.05) is 6.92 Å². The molecule has 150 valence electrons. The van der Waals surface area contributed by atoms with Gasteiger partial charge in [0.15, 0.2) is 12.4 Å². The van der Waals surface area contributed by atoms with E-state index in [9.17, 15) is 23.3 Å². The summed E-state index contributed by atoms with van der Waals surface area (Å²) in [5.41, 5.74) is -0.905. The molecule has 1 aromatic carbocycles. The zero-order valence-corrected chi connectivity index (χ0v) is 16.5. The second kappa shape index (κ2) is 8.22. The Bertz CT molecular complexity index is 816. The van der Waals surface area contributed by atoms with Crippen LogP contribution in [0.3, 0.4) is 0 Å². The molecule has 10 heteroatoms. The van der Waals surface area contributed by atoms with Crippen molar-refractivity contribution in [2.45, 2.75) is 50.5 Å². The Labute approximate surface area is 158 Å². The summed E-state index contributed by atoms with van der Waals surface area (Å²) in [6.45, 7) is 6.04. The molecule has 0 radical (unpaired) electrons. The highest BCUT2D eigenvalue weighted by molar-refractivity contribution is 7.89. The van der Waals surface area contributed by atoms with Crippen LogP contribution in [0.15, 0.2) is 23.1 Å². The van der Waals surface area contributed by atoms with Crippen LogP contribution in [0.2, 0.25) is 0 Å². The van der Waals surface area contributed by atoms with Crippen molar-refractivity contribution >= 4 is 21.6 Å². The molecule has 1 aromatic rings. The molecule has 0 unspecified atom stereocenters. The smallest absolute Gasteiger partial charge is 0.312 e. The maximum atomic E-state index is 12.6. The van der Waals surface area contributed by atoms with Crippen molar-refractivity contribution in [3.8, 4) is 5.75 Å². The number of carbonyl (C=O) groups is 1. The second-order valence-corrected chi connectivity index (χ2v) is 9.01. The number of carbonyl (C=O) groups excluding carboxylic acids is 1. The van der Waals surface area contributed by atoms with Gasteiger partial charge in [0.1, 0.15) is 0 Å². The normalized spacial score (nSPS) is 15.5. The third-order valence-corrected chi connectivity index (χ3v) is 6.45. The maximum absolute atomic E-state index is 12.6. The molecule has 0 saturated carbocycles. The second-order valence-electron chi connectivity index (χ2n) is 7.07. The van der Waals surface area contributed by atoms with Gasteiger partial charge in [0.25, 0.3) is 5.91 Å². The van der Waals surface area contributed by atoms with Crippen LogP contribution in [0.25, 0.3) is 0 Å². The first-order valence-corrected chi connectivity index (χ1v) is 10.2. The fourth-order valence-corrected chi connectivity index (χ4v) is 4.18. The van der Waals surface area contributed by atoms with E-state index < -0.39 is 38.7 Å². The van der Waals surface area contributed by atoms with E-state index in [-0.39, 0.29) is 10.6 Å². The number of sulfonamides is 1. The first-order chi connectivity index (χ1) is 12.6. The standard InChI is InChI=1S/C17H25N3O6S/c1-4-17(2,3)18-16(21)12-26-15-8-7-13(11-14(15)20(22)23)27(24,25)19-9-5-6-10-19/h7-8,11H,4-6,9-10,12H2,1-3H3,(H,18,21). The molecule has 9 nitrogen and oxygen atoms in total. The molecule has 2 rings (SSSR count). The Kier molecular flexibility index (Phi) is 6.42. The Hall–Kier alpha value is -2.20. The monoisotopic (exact) mass is 399 g/mol. The fraction of sp³-hybridized carbons (Fsp3) is 0.588. The van der Waals surface area contributed by atoms with Gasteiger partial charge < -0.3 is 10.1 Å². The lowest BCUT2D eigenvalue weighted by Gasteiger charge is -2.24. The summed E-state index contributed by atoms with van der Waals surface area (Å²) in [5.74, 6) is -0.560. The van der Waals surface area contributed by atoms with Crippen molar-refractivity contribution in [3.05, 3.63) is 28.3 Å². The number of nitrogens with zero attached hydrogens (tertiary/aromatic N) is 2. The summed E-state index contributed by atoms with van der Waals surface area (Å²) in [4.78, 5) is 22.5. The summed E-state index contributed by atoms with van der Waals surface area (Å²) in [5, 5.41) is 14.1. The predicted octanol–water partition coefficient (Wildman–Crippen LogP) is 2.06. The van der Waals surface area contributed by atoms with E-state index >= 15 is 0 Å². The van der Waals surface area contributed by atoms with E-state index in [1.165, 1.54) is 16.4 Å². The van der Waals surface area contributed by atoms with Crippen LogP contribution in [0.4, 0.5) is 5.69 Å². The molecule has 0 atom stereocenters. The molecule has 1 aliphatic rings. The Morgan fingerprint density at radius 1 is 1.33 bits per heavy atom. The van der Waals surface area contributed by atoms with Gasteiger partial charge >= 0.3 is 5.69 Å². The summed E-state index contributed by atoms with van der Waals surface area (Å²) in [7, 11) is -3.78. The number of hydrogen-bond donors (Lipinski definition) is 1. The van der Waals surface area contributed by atoms with Crippen LogP contribution in [-0.2, 0) is 14.8 Å². The molecular weight excluding hydrogens is 374 g/mol. The van der Waals surface area contributed by atoms with E-state index in [1.54, 1.807) is 0 Å². The third-order valence-electron chi connectivity index (χ3n) is 4.55. The van der Waals surface area contributed by atoms with Crippen molar-refractivity contribution in [3.63, 3.8) is 0 Å². The predicted molar refractivity (Wildman–Crippen MR) is 99.1 cm³/mol. The van der Waals surface area contributed by atoms with Crippen molar-refractivity contribution in [2.24, 2.45) is 0 Å². The average Bonchev–Trinajstić information content (AvgIpc) is 3.14. The van der Waals surface area contributed by atoms with Crippen LogP contribution in [0.5, 0.6) is 5.75 Å². The minimum atomic E-state index is -3.78. The fourth-order valence-electron chi connectivity index (χ4n) is 2.65. The highest BCUT2D eigenvalue weighted by atomic mass is 32.2. The zero-order chi connectivity index (χ0) is 20.2. The van der Waals surface area contributed by atoms with Crippen LogP contribution >= 0.6 is 0 Å². The Morgan fingerprint density at radius 2 is 1.96 bits per heavy atom. The molecule has 1 N–H and O–H groups in total. The summed E-state index contributed by atoms with van der Waals surface area (Å²) in [6.07, 6.45) is 2.25. The first kappa shape index (κ1) is 21.1. The van der Waals surface area contributed by atoms with Crippen LogP contribution < -0.4 is 10.1 Å². The van der Waals surface area contributed by atoms with E-state index in [0.29, 0.717) is 19.5 Å². The topological polar surface area (TPSA) is 119 Å². The van der Waals surface area contributed by atoms with Crippen LogP contribution in [0.1, 0.15) is 40.0 Å². The Morgan fingerprint density at radius 3 is 2.52 bits per heavy atom. The quantitative estimate of drug-likeness (QED) is 0.528. The van der Waals surface area contributed by atoms with Gasteiger partial charge in [0.05, 0.1) is 9.82 Å². The lowest BCUT2D eigenvalue weighted by atomic mass is 10.0. The van der Waals surface area contributed by atoms with E-state index in [1.807, 2.05) is 20.8 Å². The number of nitrogens with one attached hydrogen (secondary N) is 1. The minimum absolute atomic E-state index is 0.148. The number of nitro groups is 1. The first-order valence-electron chi connectivity index (χ1n) is 8.79. The van der Waals surface area contributed by atoms with E-state index in [4.69, 9.17) is 4.74 Å². The molecule has 1 fully saturated rings. The van der Waals surface area contributed by atoms with Gasteiger partial charge in [0, 0.05) is 24.7 Å². The lowest BCUT2D eigenvalue weighted by Crippen LogP contribution is -2.44. The molecule has 0 aromatic heterocycles. The van der Waals surface area contributed by atoms with Gasteiger partial charge in [-0.05, 0) is 45.2 Å². The van der Waals surface area contributed by atoms with Crippen molar-refractivity contribution in [2.75, 3.05) is 19.7 Å². The molecule has 1 amide bonds. The number of ether oxygens (including phenoxy) is 1. The summed E-state index contributed by atoms with van der Waals surface area (Å²) < 4.78 is 31.7. The van der Waals surface area contributed by atoms with Gasteiger partial charge in [-0.2, -0.15) is 4.31 Å². The third kappa shape index (κ3) is 5.16. The highest BCUT2D eigenvalue weighted by Gasteiger charge is 2.30. The maximum Gasteiger partial charge on any atom is 0.312 e. The van der Waals surface area contributed by atoms with E-state index in [0.717, 1.165) is 18.9 Å². The molecular formula is C17H25N3O6S. The molecule has 0 aliphatic carbocycles. The minimum Gasteiger partial charge on any atom is -0.477 e. The number of nitro benzene ring substituents is 1. The largest absolute Gasteiger partial charge is 0.477 e. The van der Waals surface area contributed by atoms with Crippen LogP contribution in [0, 0.1) is 10.1 Å². The highest BCUT2D eigenvalue weighted by Crippen LogP contribution is 2.31. The number of benzene rings is 1. The number of amides is 1. The molecule has 1 saturated heterocycles. The van der Waals surface area contributed by atoms with Crippen molar-refractivity contribution in [1.82, 2.24) is 9.62 Å². The number of hydrogen-bond acceptors (Lipinski definition) is 6. The SMILES string of the molecule is CCC(C)(C)NC(=O)COc1ccc(S(=O)(=O)N2CCCC2)cc1[N+](=O)[O-]. The van der Waals surface area contributed by atoms with Gasteiger partial charge in [-0.3, -0.25) is 14.9 Å². The Balaban J connectivity index is 2.18. The summed E-state index contributed by atoms with van der Waals surface area (Å²) in [6, 6.07) is 3.47. The summed E-state index contributed by atoms with van der Waals surface area (Å²) >= 11 is 0. The van der Waals surface area contributed by atoms with Crippen molar-refractivity contribution in [1.29, 1.82) is 0 Å². The van der Waals surface area contributed by atoms with Gasteiger partial charge in [0.2, 0.25) is 10.0 Å². The zero-order valence-electron chi connectivity index (χ0n) is 15.7.